The average molecular weight is 230 g/mol. The van der Waals surface area contributed by atoms with E-state index >= 15 is 0 Å². The maximum absolute atomic E-state index is 4.05. The number of nitrogens with zero attached hydrogens (tertiary/aromatic N) is 1. The van der Waals surface area contributed by atoms with E-state index in [0.717, 1.165) is 13.0 Å². The lowest BCUT2D eigenvalue weighted by molar-refractivity contribution is 0.508. The Morgan fingerprint density at radius 2 is 2.19 bits per heavy atom. The molecule has 0 unspecified atom stereocenters. The summed E-state index contributed by atoms with van der Waals surface area (Å²) in [5.41, 5.74) is 2.85. The molecule has 0 fully saturated rings. The highest BCUT2D eigenvalue weighted by molar-refractivity contribution is 7.10. The molecular formula is C13H14N2S. The molecule has 1 aliphatic heterocycles. The maximum atomic E-state index is 4.05. The molecule has 3 heterocycles. The Hall–Kier alpha value is -1.19. The predicted molar refractivity (Wildman–Crippen MR) is 66.7 cm³/mol. The number of rotatable bonds is 2. The van der Waals surface area contributed by atoms with Gasteiger partial charge in [-0.15, -0.1) is 11.3 Å². The van der Waals surface area contributed by atoms with Crippen molar-refractivity contribution < 1.29 is 0 Å². The van der Waals surface area contributed by atoms with Gasteiger partial charge >= 0.3 is 0 Å². The van der Waals surface area contributed by atoms with Gasteiger partial charge in [0.05, 0.1) is 0 Å². The largest absolute Gasteiger partial charge is 0.309 e. The van der Waals surface area contributed by atoms with Crippen molar-refractivity contribution in [3.05, 3.63) is 52.0 Å². The monoisotopic (exact) mass is 230 g/mol. The Balaban J connectivity index is 1.83. The molecule has 0 radical (unpaired) electrons. The van der Waals surface area contributed by atoms with Crippen molar-refractivity contribution in [2.45, 2.75) is 18.9 Å². The van der Waals surface area contributed by atoms with Crippen LogP contribution in [0, 0.1) is 0 Å². The molecule has 1 N–H and O–H groups in total. The summed E-state index contributed by atoms with van der Waals surface area (Å²) >= 11 is 1.89. The SMILES string of the molecule is c1cc(C[C@@H]2NCCc3sccc32)ccn1. The topological polar surface area (TPSA) is 24.9 Å². The molecule has 1 aliphatic rings. The number of hydrogen-bond donors (Lipinski definition) is 1. The van der Waals surface area contributed by atoms with Gasteiger partial charge in [0.1, 0.15) is 0 Å². The summed E-state index contributed by atoms with van der Waals surface area (Å²) in [5.74, 6) is 0. The lowest BCUT2D eigenvalue weighted by atomic mass is 9.96. The van der Waals surface area contributed by atoms with Crippen molar-refractivity contribution in [2.24, 2.45) is 0 Å². The summed E-state index contributed by atoms with van der Waals surface area (Å²) in [6, 6.07) is 6.94. The zero-order chi connectivity index (χ0) is 10.8. The van der Waals surface area contributed by atoms with Gasteiger partial charge in [-0.25, -0.2) is 0 Å². The summed E-state index contributed by atoms with van der Waals surface area (Å²) in [6.07, 6.45) is 5.98. The highest BCUT2D eigenvalue weighted by Gasteiger charge is 2.20. The first kappa shape index (κ1) is 10.00. The molecular weight excluding hydrogens is 216 g/mol. The normalized spacial score (nSPS) is 19.4. The van der Waals surface area contributed by atoms with Crippen molar-refractivity contribution in [1.29, 1.82) is 0 Å². The van der Waals surface area contributed by atoms with E-state index in [-0.39, 0.29) is 0 Å². The molecule has 16 heavy (non-hydrogen) atoms. The van der Waals surface area contributed by atoms with E-state index in [2.05, 4.69) is 33.9 Å². The zero-order valence-electron chi connectivity index (χ0n) is 9.02. The second-order valence-electron chi connectivity index (χ2n) is 4.12. The Bertz CT molecular complexity index is 464. The molecule has 2 nitrogen and oxygen atoms in total. The van der Waals surface area contributed by atoms with E-state index in [1.807, 2.05) is 23.7 Å². The number of thiophene rings is 1. The highest BCUT2D eigenvalue weighted by Crippen LogP contribution is 2.29. The fraction of sp³-hybridized carbons (Fsp3) is 0.308. The van der Waals surface area contributed by atoms with Crippen LogP contribution < -0.4 is 5.32 Å². The molecule has 0 amide bonds. The second-order valence-corrected chi connectivity index (χ2v) is 5.12. The van der Waals surface area contributed by atoms with E-state index in [4.69, 9.17) is 0 Å². The van der Waals surface area contributed by atoms with Crippen LogP contribution in [0.25, 0.3) is 0 Å². The van der Waals surface area contributed by atoms with Gasteiger partial charge < -0.3 is 5.32 Å². The van der Waals surface area contributed by atoms with Crippen LogP contribution in [-0.2, 0) is 12.8 Å². The molecule has 82 valence electrons. The van der Waals surface area contributed by atoms with Gasteiger partial charge in [0, 0.05) is 29.9 Å². The van der Waals surface area contributed by atoms with Crippen molar-refractivity contribution in [2.75, 3.05) is 6.54 Å². The molecule has 0 bridgehead atoms. The quantitative estimate of drug-likeness (QED) is 0.857. The molecule has 3 rings (SSSR count). The number of nitrogens with one attached hydrogen (secondary N) is 1. The molecule has 3 heteroatoms. The molecule has 0 saturated heterocycles. The summed E-state index contributed by atoms with van der Waals surface area (Å²) in [7, 11) is 0. The summed E-state index contributed by atoms with van der Waals surface area (Å²) < 4.78 is 0. The van der Waals surface area contributed by atoms with E-state index in [0.29, 0.717) is 6.04 Å². The zero-order valence-corrected chi connectivity index (χ0v) is 9.83. The van der Waals surface area contributed by atoms with Crippen LogP contribution in [0.1, 0.15) is 22.0 Å². The smallest absolute Gasteiger partial charge is 0.0372 e. The minimum absolute atomic E-state index is 0.484. The third-order valence-corrected chi connectivity index (χ3v) is 4.08. The lowest BCUT2D eigenvalue weighted by Crippen LogP contribution is -2.30. The Morgan fingerprint density at radius 3 is 3.06 bits per heavy atom. The van der Waals surface area contributed by atoms with Crippen LogP contribution in [0.15, 0.2) is 36.0 Å². The van der Waals surface area contributed by atoms with Crippen LogP contribution in [0.5, 0.6) is 0 Å². The van der Waals surface area contributed by atoms with Gasteiger partial charge in [0.2, 0.25) is 0 Å². The van der Waals surface area contributed by atoms with Crippen molar-refractivity contribution >= 4 is 11.3 Å². The molecule has 2 aromatic rings. The van der Waals surface area contributed by atoms with Crippen molar-refractivity contribution in [3.63, 3.8) is 0 Å². The minimum Gasteiger partial charge on any atom is -0.309 e. The van der Waals surface area contributed by atoms with Crippen molar-refractivity contribution in [1.82, 2.24) is 10.3 Å². The van der Waals surface area contributed by atoms with Gasteiger partial charge in [0.15, 0.2) is 0 Å². The fourth-order valence-corrected chi connectivity index (χ4v) is 3.22. The van der Waals surface area contributed by atoms with E-state index in [9.17, 15) is 0 Å². The Kier molecular flexibility index (Phi) is 2.72. The van der Waals surface area contributed by atoms with Crippen LogP contribution >= 0.6 is 11.3 Å². The van der Waals surface area contributed by atoms with Crippen molar-refractivity contribution in [3.8, 4) is 0 Å². The lowest BCUT2D eigenvalue weighted by Gasteiger charge is -2.24. The van der Waals surface area contributed by atoms with E-state index < -0.39 is 0 Å². The molecule has 1 atom stereocenters. The summed E-state index contributed by atoms with van der Waals surface area (Å²) in [4.78, 5) is 5.61. The van der Waals surface area contributed by atoms with Gasteiger partial charge in [-0.05, 0) is 47.5 Å². The molecule has 2 aromatic heterocycles. The number of fused-ring (bicyclic) bond motifs is 1. The maximum Gasteiger partial charge on any atom is 0.0372 e. The first-order chi connectivity index (χ1) is 7.93. The van der Waals surface area contributed by atoms with Gasteiger partial charge in [-0.3, -0.25) is 4.98 Å². The highest BCUT2D eigenvalue weighted by atomic mass is 32.1. The minimum atomic E-state index is 0.484. The van der Waals surface area contributed by atoms with E-state index in [1.165, 1.54) is 17.5 Å². The predicted octanol–water partition coefficient (Wildman–Crippen LogP) is 2.57. The average Bonchev–Trinajstić information content (AvgIpc) is 2.80. The van der Waals surface area contributed by atoms with Gasteiger partial charge in [-0.2, -0.15) is 0 Å². The van der Waals surface area contributed by atoms with Crippen LogP contribution in [0.2, 0.25) is 0 Å². The number of pyridine rings is 1. The van der Waals surface area contributed by atoms with Crippen LogP contribution in [0.3, 0.4) is 0 Å². The Morgan fingerprint density at radius 1 is 1.31 bits per heavy atom. The summed E-state index contributed by atoms with van der Waals surface area (Å²) in [6.45, 7) is 1.10. The molecule has 0 spiro atoms. The molecule has 0 aliphatic carbocycles. The van der Waals surface area contributed by atoms with Gasteiger partial charge in [0.25, 0.3) is 0 Å². The number of aromatic nitrogens is 1. The molecule has 0 aromatic carbocycles. The number of hydrogen-bond acceptors (Lipinski definition) is 3. The summed E-state index contributed by atoms with van der Waals surface area (Å²) in [5, 5.41) is 5.80. The first-order valence-corrected chi connectivity index (χ1v) is 6.50. The fourth-order valence-electron chi connectivity index (χ4n) is 2.27. The van der Waals surface area contributed by atoms with Crippen LogP contribution in [0.4, 0.5) is 0 Å². The standard InChI is InChI=1S/C13H14N2S/c1-5-14-6-2-10(1)9-12-11-4-8-16-13(11)3-7-15-12/h1-2,4-6,8,12,15H,3,7,9H2/t12-/m0/s1. The molecule has 0 saturated carbocycles. The van der Waals surface area contributed by atoms with E-state index in [1.54, 1.807) is 4.88 Å². The first-order valence-electron chi connectivity index (χ1n) is 5.62. The Labute approximate surface area is 99.4 Å². The second kappa shape index (κ2) is 4.36. The third-order valence-electron chi connectivity index (χ3n) is 3.09. The van der Waals surface area contributed by atoms with Gasteiger partial charge in [-0.1, -0.05) is 0 Å². The third kappa shape index (κ3) is 1.88. The van der Waals surface area contributed by atoms with Crippen LogP contribution in [-0.4, -0.2) is 11.5 Å².